The molecule has 1 saturated carbocycles. The molecule has 4 rings (SSSR count). The second-order valence-corrected chi connectivity index (χ2v) is 7.64. The van der Waals surface area contributed by atoms with Gasteiger partial charge in [-0.25, -0.2) is 4.98 Å². The van der Waals surface area contributed by atoms with Gasteiger partial charge >= 0.3 is 0 Å². The summed E-state index contributed by atoms with van der Waals surface area (Å²) >= 11 is 0. The normalized spacial score (nSPS) is 24.7. The Balaban J connectivity index is 1.28. The number of rotatable bonds is 5. The molecule has 0 bridgehead atoms. The predicted octanol–water partition coefficient (Wildman–Crippen LogP) is 0.213. The van der Waals surface area contributed by atoms with E-state index in [1.165, 1.54) is 0 Å². The fraction of sp³-hybridized carbons (Fsp3) is 0.778. The van der Waals surface area contributed by atoms with Crippen LogP contribution in [-0.2, 0) is 16.1 Å². The summed E-state index contributed by atoms with van der Waals surface area (Å²) in [4.78, 5) is 35.8. The van der Waals surface area contributed by atoms with Gasteiger partial charge in [-0.1, -0.05) is 0 Å². The lowest BCUT2D eigenvalue weighted by Gasteiger charge is -2.41. The van der Waals surface area contributed by atoms with Gasteiger partial charge in [0.25, 0.3) is 0 Å². The first kappa shape index (κ1) is 17.5. The van der Waals surface area contributed by atoms with Gasteiger partial charge in [0.15, 0.2) is 0 Å². The second kappa shape index (κ2) is 7.73. The van der Waals surface area contributed by atoms with Crippen molar-refractivity contribution in [3.8, 4) is 0 Å². The largest absolute Gasteiger partial charge is 0.338 e. The molecule has 8 heteroatoms. The van der Waals surface area contributed by atoms with E-state index in [0.29, 0.717) is 0 Å². The fourth-order valence-electron chi connectivity index (χ4n) is 4.01. The van der Waals surface area contributed by atoms with Gasteiger partial charge in [-0.3, -0.25) is 19.2 Å². The Morgan fingerprint density at radius 1 is 0.923 bits per heavy atom. The molecule has 0 spiro atoms. The highest BCUT2D eigenvalue weighted by Gasteiger charge is 2.41. The van der Waals surface area contributed by atoms with Crippen LogP contribution in [0.5, 0.6) is 0 Å². The van der Waals surface area contributed by atoms with Crippen molar-refractivity contribution in [1.82, 2.24) is 29.5 Å². The van der Waals surface area contributed by atoms with E-state index >= 15 is 0 Å². The molecule has 2 amide bonds. The molecular formula is C18H28N6O2. The zero-order valence-electron chi connectivity index (χ0n) is 15.3. The summed E-state index contributed by atoms with van der Waals surface area (Å²) < 4.78 is 1.83. The quantitative estimate of drug-likeness (QED) is 0.751. The maximum Gasteiger partial charge on any atom is 0.245 e. The molecule has 0 N–H and O–H groups in total. The molecule has 8 nitrogen and oxygen atoms in total. The molecular weight excluding hydrogens is 332 g/mol. The van der Waals surface area contributed by atoms with E-state index in [1.54, 1.807) is 12.7 Å². The third kappa shape index (κ3) is 3.90. The van der Waals surface area contributed by atoms with Crippen LogP contribution in [0, 0.1) is 5.92 Å². The molecule has 26 heavy (non-hydrogen) atoms. The maximum atomic E-state index is 13.1. The Bertz CT molecular complexity index is 622. The zero-order valence-corrected chi connectivity index (χ0v) is 15.3. The van der Waals surface area contributed by atoms with Crippen LogP contribution in [-0.4, -0.2) is 86.6 Å². The Kier molecular flexibility index (Phi) is 5.19. The van der Waals surface area contributed by atoms with E-state index in [-0.39, 0.29) is 23.8 Å². The van der Waals surface area contributed by atoms with E-state index in [1.807, 2.05) is 14.5 Å². The number of amides is 2. The second-order valence-electron chi connectivity index (χ2n) is 7.64. The molecule has 1 aromatic rings. The minimum Gasteiger partial charge on any atom is -0.338 e. The minimum absolute atomic E-state index is 0.162. The molecule has 3 aliphatic rings. The van der Waals surface area contributed by atoms with Crippen LogP contribution in [0.25, 0.3) is 0 Å². The first-order valence-electron chi connectivity index (χ1n) is 9.86. The van der Waals surface area contributed by atoms with Crippen molar-refractivity contribution >= 4 is 11.8 Å². The molecule has 1 aliphatic carbocycles. The third-order valence-electron chi connectivity index (χ3n) is 5.79. The topological polar surface area (TPSA) is 74.6 Å². The van der Waals surface area contributed by atoms with Crippen LogP contribution in [0.1, 0.15) is 32.1 Å². The average Bonchev–Trinajstić information content (AvgIpc) is 3.41. The van der Waals surface area contributed by atoms with Crippen molar-refractivity contribution in [2.75, 3.05) is 39.3 Å². The lowest BCUT2D eigenvalue weighted by atomic mass is 9.99. The van der Waals surface area contributed by atoms with E-state index in [0.717, 1.165) is 77.9 Å². The lowest BCUT2D eigenvalue weighted by molar-refractivity contribution is -0.149. The summed E-state index contributed by atoms with van der Waals surface area (Å²) in [5, 5.41) is 4.13. The molecule has 0 radical (unpaired) electrons. The number of aromatic nitrogens is 3. The first-order valence-corrected chi connectivity index (χ1v) is 9.86. The summed E-state index contributed by atoms with van der Waals surface area (Å²) in [6.45, 7) is 5.74. The van der Waals surface area contributed by atoms with Gasteiger partial charge in [-0.15, -0.1) is 0 Å². The van der Waals surface area contributed by atoms with Gasteiger partial charge in [0.2, 0.25) is 11.8 Å². The van der Waals surface area contributed by atoms with Gasteiger partial charge in [0, 0.05) is 45.2 Å². The van der Waals surface area contributed by atoms with Crippen LogP contribution in [0.4, 0.5) is 0 Å². The highest BCUT2D eigenvalue weighted by Crippen LogP contribution is 2.33. The van der Waals surface area contributed by atoms with Gasteiger partial charge in [0.1, 0.15) is 18.7 Å². The highest BCUT2D eigenvalue weighted by atomic mass is 16.2. The highest BCUT2D eigenvalue weighted by molar-refractivity contribution is 5.89. The number of nitrogens with zero attached hydrogens (tertiary/aromatic N) is 6. The summed E-state index contributed by atoms with van der Waals surface area (Å²) in [5.74, 6) is 0.571. The maximum absolute atomic E-state index is 13.1. The van der Waals surface area contributed by atoms with Crippen LogP contribution in [0.2, 0.25) is 0 Å². The smallest absolute Gasteiger partial charge is 0.245 e. The van der Waals surface area contributed by atoms with E-state index in [2.05, 4.69) is 15.0 Å². The Morgan fingerprint density at radius 3 is 2.42 bits per heavy atom. The standard InChI is InChI=1S/C18H28N6O2/c25-17(15-4-5-15)24-6-2-1-3-16(24)18(26)22-10-7-21(8-11-22)9-12-23-14-19-13-20-23/h13-16H,1-12H2/t16-/m1/s1. The Morgan fingerprint density at radius 2 is 1.73 bits per heavy atom. The minimum atomic E-state index is -0.224. The summed E-state index contributed by atoms with van der Waals surface area (Å²) in [6.07, 6.45) is 8.18. The SMILES string of the molecule is O=C([C@H]1CCCCN1C(=O)C1CC1)N1CCN(CCn2cncn2)CC1. The summed E-state index contributed by atoms with van der Waals surface area (Å²) in [6, 6.07) is -0.224. The van der Waals surface area contributed by atoms with Crippen molar-refractivity contribution in [3.05, 3.63) is 12.7 Å². The molecule has 2 saturated heterocycles. The number of likely N-dealkylation sites (tertiary alicyclic amines) is 1. The van der Waals surface area contributed by atoms with Crippen molar-refractivity contribution in [2.24, 2.45) is 5.92 Å². The van der Waals surface area contributed by atoms with Crippen molar-refractivity contribution < 1.29 is 9.59 Å². The van der Waals surface area contributed by atoms with Gasteiger partial charge < -0.3 is 9.80 Å². The van der Waals surface area contributed by atoms with Crippen molar-refractivity contribution in [2.45, 2.75) is 44.7 Å². The average molecular weight is 360 g/mol. The Labute approximate surface area is 154 Å². The monoisotopic (exact) mass is 360 g/mol. The number of hydrogen-bond donors (Lipinski definition) is 0. The third-order valence-corrected chi connectivity index (χ3v) is 5.79. The van der Waals surface area contributed by atoms with Crippen LogP contribution in [0.3, 0.4) is 0 Å². The lowest BCUT2D eigenvalue weighted by Crippen LogP contribution is -2.57. The molecule has 142 valence electrons. The molecule has 1 aromatic heterocycles. The van der Waals surface area contributed by atoms with E-state index < -0.39 is 0 Å². The summed E-state index contributed by atoms with van der Waals surface area (Å²) in [5.41, 5.74) is 0. The fourth-order valence-corrected chi connectivity index (χ4v) is 4.01. The van der Waals surface area contributed by atoms with Gasteiger partial charge in [-0.05, 0) is 32.1 Å². The van der Waals surface area contributed by atoms with E-state index in [4.69, 9.17) is 0 Å². The Hall–Kier alpha value is -1.96. The number of hydrogen-bond acceptors (Lipinski definition) is 5. The van der Waals surface area contributed by atoms with E-state index in [9.17, 15) is 9.59 Å². The van der Waals surface area contributed by atoms with Crippen LogP contribution >= 0.6 is 0 Å². The number of piperazine rings is 1. The van der Waals surface area contributed by atoms with Crippen molar-refractivity contribution in [3.63, 3.8) is 0 Å². The molecule has 0 aromatic carbocycles. The first-order chi connectivity index (χ1) is 12.7. The van der Waals surface area contributed by atoms with Crippen molar-refractivity contribution in [1.29, 1.82) is 0 Å². The summed E-state index contributed by atoms with van der Waals surface area (Å²) in [7, 11) is 0. The molecule has 2 aliphatic heterocycles. The zero-order chi connectivity index (χ0) is 17.9. The van der Waals surface area contributed by atoms with Crippen LogP contribution < -0.4 is 0 Å². The molecule has 1 atom stereocenters. The predicted molar refractivity (Wildman–Crippen MR) is 95.1 cm³/mol. The molecule has 0 unspecified atom stereocenters. The van der Waals surface area contributed by atoms with Crippen LogP contribution in [0.15, 0.2) is 12.7 Å². The van der Waals surface area contributed by atoms with Gasteiger partial charge in [0.05, 0.1) is 6.54 Å². The number of piperidine rings is 1. The number of carbonyl (C=O) groups excluding carboxylic acids is 2. The molecule has 3 heterocycles. The number of carbonyl (C=O) groups is 2. The molecule has 3 fully saturated rings. The van der Waals surface area contributed by atoms with Gasteiger partial charge in [-0.2, -0.15) is 5.10 Å².